The lowest BCUT2D eigenvalue weighted by atomic mass is 9.98. The van der Waals surface area contributed by atoms with E-state index in [0.29, 0.717) is 32.6 Å². The van der Waals surface area contributed by atoms with Gasteiger partial charge in [-0.2, -0.15) is 0 Å². The highest BCUT2D eigenvalue weighted by molar-refractivity contribution is 5.77. The largest absolute Gasteiger partial charge is 0.481 e. The van der Waals surface area contributed by atoms with Gasteiger partial charge in [0.1, 0.15) is 0 Å². The van der Waals surface area contributed by atoms with E-state index >= 15 is 0 Å². The molecule has 2 heterocycles. The van der Waals surface area contributed by atoms with Crippen molar-refractivity contribution in [2.24, 2.45) is 5.92 Å². The first kappa shape index (κ1) is 15.1. The monoisotopic (exact) mass is 283 g/mol. The summed E-state index contributed by atoms with van der Waals surface area (Å²) >= 11 is 0. The van der Waals surface area contributed by atoms with Gasteiger partial charge in [0.2, 0.25) is 0 Å². The van der Waals surface area contributed by atoms with Crippen LogP contribution in [-0.2, 0) is 4.79 Å². The molecule has 0 unspecified atom stereocenters. The molecule has 0 spiro atoms. The van der Waals surface area contributed by atoms with Crippen LogP contribution in [0.2, 0.25) is 0 Å². The number of aliphatic carboxylic acids is 1. The van der Waals surface area contributed by atoms with E-state index in [9.17, 15) is 9.59 Å². The van der Waals surface area contributed by atoms with E-state index < -0.39 is 11.9 Å². The topological polar surface area (TPSA) is 64.1 Å². The number of urea groups is 1. The Morgan fingerprint density at radius 1 is 1.15 bits per heavy atom. The predicted molar refractivity (Wildman–Crippen MR) is 75.6 cm³/mol. The van der Waals surface area contributed by atoms with Crippen molar-refractivity contribution in [2.75, 3.05) is 39.8 Å². The fraction of sp³-hybridized carbons (Fsp3) is 0.857. The Balaban J connectivity index is 1.99. The summed E-state index contributed by atoms with van der Waals surface area (Å²) in [6, 6.07) is -0.00266. The molecule has 0 aromatic heterocycles. The van der Waals surface area contributed by atoms with E-state index in [1.165, 1.54) is 0 Å². The highest BCUT2D eigenvalue weighted by Crippen LogP contribution is 2.22. The molecule has 20 heavy (non-hydrogen) atoms. The van der Waals surface area contributed by atoms with E-state index in [1.54, 1.807) is 4.90 Å². The molecule has 0 aromatic carbocycles. The second-order valence-electron chi connectivity index (χ2n) is 6.56. The predicted octanol–water partition coefficient (Wildman–Crippen LogP) is 0.929. The summed E-state index contributed by atoms with van der Waals surface area (Å²) in [5.41, 5.74) is -0.0318. The Hall–Kier alpha value is -1.30. The number of likely N-dealkylation sites (N-methyl/N-ethyl adjacent to an activating group) is 1. The van der Waals surface area contributed by atoms with E-state index in [2.05, 4.69) is 25.8 Å². The third-order valence-electron chi connectivity index (χ3n) is 4.63. The highest BCUT2D eigenvalue weighted by atomic mass is 16.4. The van der Waals surface area contributed by atoms with Crippen LogP contribution in [-0.4, -0.2) is 77.1 Å². The van der Waals surface area contributed by atoms with Gasteiger partial charge in [-0.25, -0.2) is 4.79 Å². The Morgan fingerprint density at radius 2 is 1.85 bits per heavy atom. The molecule has 1 atom stereocenters. The zero-order valence-corrected chi connectivity index (χ0v) is 12.6. The average molecular weight is 283 g/mol. The smallest absolute Gasteiger partial charge is 0.320 e. The molecule has 0 aliphatic carbocycles. The Labute approximate surface area is 120 Å². The molecule has 6 nitrogen and oxygen atoms in total. The van der Waals surface area contributed by atoms with Crippen molar-refractivity contribution < 1.29 is 14.7 Å². The van der Waals surface area contributed by atoms with Gasteiger partial charge in [-0.05, 0) is 33.7 Å². The van der Waals surface area contributed by atoms with Crippen LogP contribution < -0.4 is 0 Å². The number of hydrogen-bond acceptors (Lipinski definition) is 3. The number of nitrogens with zero attached hydrogens (tertiary/aromatic N) is 3. The maximum absolute atomic E-state index is 12.6. The van der Waals surface area contributed by atoms with E-state index in [4.69, 9.17) is 5.11 Å². The summed E-state index contributed by atoms with van der Waals surface area (Å²) in [5, 5.41) is 9.11. The van der Waals surface area contributed by atoms with Crippen molar-refractivity contribution in [1.29, 1.82) is 0 Å². The molecule has 0 aromatic rings. The summed E-state index contributed by atoms with van der Waals surface area (Å²) in [6.45, 7) is 7.54. The molecule has 2 saturated heterocycles. The molecule has 2 amide bonds. The van der Waals surface area contributed by atoms with Gasteiger partial charge in [0, 0.05) is 38.3 Å². The van der Waals surface area contributed by atoms with Crippen molar-refractivity contribution in [3.8, 4) is 0 Å². The van der Waals surface area contributed by atoms with Crippen molar-refractivity contribution in [3.05, 3.63) is 0 Å². The second-order valence-corrected chi connectivity index (χ2v) is 6.56. The number of carboxylic acid groups (broad SMARTS) is 1. The van der Waals surface area contributed by atoms with Gasteiger partial charge in [-0.15, -0.1) is 0 Å². The van der Waals surface area contributed by atoms with Crippen LogP contribution in [0.15, 0.2) is 0 Å². The average Bonchev–Trinajstić information content (AvgIpc) is 2.41. The summed E-state index contributed by atoms with van der Waals surface area (Å²) in [4.78, 5) is 29.5. The molecule has 0 radical (unpaired) electrons. The van der Waals surface area contributed by atoms with Crippen LogP contribution in [0.1, 0.15) is 26.7 Å². The lowest BCUT2D eigenvalue weighted by molar-refractivity contribution is -0.143. The van der Waals surface area contributed by atoms with Crippen LogP contribution in [0.3, 0.4) is 0 Å². The summed E-state index contributed by atoms with van der Waals surface area (Å²) in [7, 11) is 2.07. The summed E-state index contributed by atoms with van der Waals surface area (Å²) in [5.74, 6) is -1.20. The molecule has 0 saturated carbocycles. The first-order chi connectivity index (χ1) is 9.31. The fourth-order valence-corrected chi connectivity index (χ4v) is 2.96. The lowest BCUT2D eigenvalue weighted by Crippen LogP contribution is -2.61. The van der Waals surface area contributed by atoms with Gasteiger partial charge in [0.15, 0.2) is 0 Å². The number of amides is 2. The quantitative estimate of drug-likeness (QED) is 0.777. The van der Waals surface area contributed by atoms with E-state index in [-0.39, 0.29) is 11.6 Å². The number of carbonyl (C=O) groups is 2. The molecule has 2 aliphatic rings. The third-order valence-corrected chi connectivity index (χ3v) is 4.63. The number of piperazine rings is 1. The highest BCUT2D eigenvalue weighted by Gasteiger charge is 2.36. The van der Waals surface area contributed by atoms with E-state index in [0.717, 1.165) is 13.0 Å². The number of piperidine rings is 1. The maximum Gasteiger partial charge on any atom is 0.320 e. The standard InChI is InChI=1S/C14H25N3O3/c1-14(2)10-17(8-7-15(14)3)13(20)16-6-4-5-11(9-16)12(18)19/h11H,4-10H2,1-3H3,(H,18,19)/t11-/m0/s1. The van der Waals surface area contributed by atoms with Gasteiger partial charge in [-0.3, -0.25) is 9.69 Å². The molecule has 0 bridgehead atoms. The normalized spacial score (nSPS) is 27.4. The third kappa shape index (κ3) is 3.06. The van der Waals surface area contributed by atoms with Crippen LogP contribution in [0.5, 0.6) is 0 Å². The number of rotatable bonds is 1. The van der Waals surface area contributed by atoms with Gasteiger partial charge in [0.05, 0.1) is 5.92 Å². The second kappa shape index (κ2) is 5.60. The SMILES string of the molecule is CN1CCN(C(=O)N2CCC[C@H](C(=O)O)C2)CC1(C)C. The molecule has 2 fully saturated rings. The zero-order valence-electron chi connectivity index (χ0n) is 12.6. The number of carboxylic acids is 1. The molecular weight excluding hydrogens is 258 g/mol. The van der Waals surface area contributed by atoms with Crippen molar-refractivity contribution in [1.82, 2.24) is 14.7 Å². The van der Waals surface area contributed by atoms with Gasteiger partial charge in [0.25, 0.3) is 0 Å². The number of carbonyl (C=O) groups excluding carboxylic acids is 1. The van der Waals surface area contributed by atoms with Gasteiger partial charge in [-0.1, -0.05) is 0 Å². The minimum atomic E-state index is -0.791. The fourth-order valence-electron chi connectivity index (χ4n) is 2.96. The van der Waals surface area contributed by atoms with E-state index in [1.807, 2.05) is 4.90 Å². The minimum absolute atomic E-state index is 0.00266. The molecular formula is C14H25N3O3. The zero-order chi connectivity index (χ0) is 14.9. The Bertz CT molecular complexity index is 397. The number of hydrogen-bond donors (Lipinski definition) is 1. The van der Waals surface area contributed by atoms with Crippen molar-refractivity contribution in [2.45, 2.75) is 32.2 Å². The first-order valence-corrected chi connectivity index (χ1v) is 7.29. The maximum atomic E-state index is 12.6. The minimum Gasteiger partial charge on any atom is -0.481 e. The molecule has 1 N–H and O–H groups in total. The van der Waals surface area contributed by atoms with Gasteiger partial charge < -0.3 is 14.9 Å². The summed E-state index contributed by atoms with van der Waals surface area (Å²) in [6.07, 6.45) is 1.45. The van der Waals surface area contributed by atoms with Crippen LogP contribution >= 0.6 is 0 Å². The van der Waals surface area contributed by atoms with Crippen LogP contribution in [0.25, 0.3) is 0 Å². The molecule has 2 aliphatic heterocycles. The van der Waals surface area contributed by atoms with Crippen molar-refractivity contribution in [3.63, 3.8) is 0 Å². The van der Waals surface area contributed by atoms with Crippen LogP contribution in [0, 0.1) is 5.92 Å². The lowest BCUT2D eigenvalue weighted by Gasteiger charge is -2.47. The Kier molecular flexibility index (Phi) is 4.22. The summed E-state index contributed by atoms with van der Waals surface area (Å²) < 4.78 is 0. The molecule has 114 valence electrons. The Morgan fingerprint density at radius 3 is 2.45 bits per heavy atom. The van der Waals surface area contributed by atoms with Crippen LogP contribution in [0.4, 0.5) is 4.79 Å². The first-order valence-electron chi connectivity index (χ1n) is 7.29. The number of likely N-dealkylation sites (tertiary alicyclic amines) is 1. The molecule has 2 rings (SSSR count). The van der Waals surface area contributed by atoms with Gasteiger partial charge >= 0.3 is 12.0 Å². The molecule has 6 heteroatoms. The van der Waals surface area contributed by atoms with Crippen molar-refractivity contribution >= 4 is 12.0 Å².